The van der Waals surface area contributed by atoms with E-state index in [2.05, 4.69) is 30.9 Å². The van der Waals surface area contributed by atoms with E-state index in [1.54, 1.807) is 25.8 Å². The minimum atomic E-state index is -0.597. The number of ketones is 1. The van der Waals surface area contributed by atoms with Crippen LogP contribution in [0, 0.1) is 12.3 Å². The van der Waals surface area contributed by atoms with Crippen molar-refractivity contribution in [1.82, 2.24) is 30.2 Å². The van der Waals surface area contributed by atoms with E-state index in [1.807, 2.05) is 33.8 Å². The van der Waals surface area contributed by atoms with Crippen molar-refractivity contribution in [2.24, 2.45) is 5.41 Å². The first-order chi connectivity index (χ1) is 18.5. The molecule has 14 heteroatoms. The average Bonchev–Trinajstić information content (AvgIpc) is 3.50. The molecule has 12 nitrogen and oxygen atoms in total. The van der Waals surface area contributed by atoms with Gasteiger partial charge in [0.2, 0.25) is 0 Å². The van der Waals surface area contributed by atoms with Gasteiger partial charge in [-0.15, -0.1) is 5.10 Å². The molecule has 202 valence electrons. The second kappa shape index (κ2) is 9.84. The zero-order valence-corrected chi connectivity index (χ0v) is 23.3. The Labute approximate surface area is 229 Å². The molecule has 0 radical (unpaired) electrons. The second-order valence-corrected chi connectivity index (χ2v) is 11.1. The number of carbonyl (C=O) groups excluding carboxylic acids is 3. The predicted molar refractivity (Wildman–Crippen MR) is 146 cm³/mol. The van der Waals surface area contributed by atoms with Crippen LogP contribution in [0.2, 0.25) is 0 Å². The lowest BCUT2D eigenvalue weighted by molar-refractivity contribution is -0.118. The normalized spacial score (nSPS) is 17.6. The molecule has 1 aliphatic heterocycles. The van der Waals surface area contributed by atoms with Crippen LogP contribution >= 0.6 is 11.5 Å². The van der Waals surface area contributed by atoms with Gasteiger partial charge < -0.3 is 14.8 Å². The van der Waals surface area contributed by atoms with E-state index in [4.69, 9.17) is 9.47 Å². The van der Waals surface area contributed by atoms with Crippen LogP contribution < -0.4 is 31.1 Å². The molecule has 2 aromatic heterocycles. The first kappa shape index (κ1) is 26.4. The van der Waals surface area contributed by atoms with Crippen molar-refractivity contribution in [1.29, 1.82) is 0 Å². The lowest BCUT2D eigenvalue weighted by Gasteiger charge is -2.39. The summed E-state index contributed by atoms with van der Waals surface area (Å²) in [5, 5.41) is 11.7. The fourth-order valence-electron chi connectivity index (χ4n) is 5.20. The molecular weight excluding hydrogens is 521 g/mol. The first-order valence-electron chi connectivity index (χ1n) is 12.3. The second-order valence-electron chi connectivity index (χ2n) is 10.4. The summed E-state index contributed by atoms with van der Waals surface area (Å²) in [5.41, 5.74) is 8.20. The highest BCUT2D eigenvalue weighted by Gasteiger charge is 2.42. The van der Waals surface area contributed by atoms with Gasteiger partial charge in [-0.05, 0) is 47.4 Å². The van der Waals surface area contributed by atoms with Crippen LogP contribution in [0.25, 0.3) is 0 Å². The average molecular weight is 549 g/mol. The maximum Gasteiger partial charge on any atom is 0.283 e. The van der Waals surface area contributed by atoms with Gasteiger partial charge in [0.25, 0.3) is 11.8 Å². The smallest absolute Gasteiger partial charge is 0.283 e. The van der Waals surface area contributed by atoms with Crippen molar-refractivity contribution in [3.63, 3.8) is 0 Å². The Kier molecular flexibility index (Phi) is 6.66. The maximum atomic E-state index is 13.5. The number of benzene rings is 1. The summed E-state index contributed by atoms with van der Waals surface area (Å²) in [6.07, 6.45) is 2.41. The molecule has 3 heterocycles. The number of methoxy groups -OCH3 is 2. The molecule has 0 saturated heterocycles. The highest BCUT2D eigenvalue weighted by Crippen LogP contribution is 2.47. The number of fused-ring (bicyclic) bond motifs is 1. The summed E-state index contributed by atoms with van der Waals surface area (Å²) in [7, 11) is 5.03. The van der Waals surface area contributed by atoms with E-state index in [0.717, 1.165) is 28.3 Å². The van der Waals surface area contributed by atoms with E-state index in [-0.39, 0.29) is 16.8 Å². The minimum Gasteiger partial charge on any atom is -0.493 e. The van der Waals surface area contributed by atoms with E-state index in [0.29, 0.717) is 46.3 Å². The van der Waals surface area contributed by atoms with Gasteiger partial charge in [-0.25, -0.2) is 4.68 Å². The highest BCUT2D eigenvalue weighted by molar-refractivity contribution is 7.08. The number of nitrogens with zero attached hydrogens (tertiary/aromatic N) is 4. The van der Waals surface area contributed by atoms with Gasteiger partial charge in [0.05, 0.1) is 26.1 Å². The first-order valence-corrected chi connectivity index (χ1v) is 13.0. The molecular formula is C25H28BN7O5S. The Morgan fingerprint density at radius 3 is 2.59 bits per heavy atom. The van der Waals surface area contributed by atoms with E-state index < -0.39 is 17.9 Å². The van der Waals surface area contributed by atoms with Gasteiger partial charge in [-0.3, -0.25) is 25.2 Å². The van der Waals surface area contributed by atoms with Crippen molar-refractivity contribution in [3.05, 3.63) is 51.3 Å². The van der Waals surface area contributed by atoms with Crippen LogP contribution in [0.5, 0.6) is 11.5 Å². The summed E-state index contributed by atoms with van der Waals surface area (Å²) in [6.45, 7) is 5.74. The third-order valence-electron chi connectivity index (χ3n) is 6.90. The number of hydrogen-bond acceptors (Lipinski definition) is 10. The maximum absolute atomic E-state index is 13.5. The number of amides is 2. The number of allylic oxidation sites excluding steroid dienone is 2. The minimum absolute atomic E-state index is 0.0131. The summed E-state index contributed by atoms with van der Waals surface area (Å²) in [5.74, 6) is 0.466. The number of hydrogen-bond donors (Lipinski definition) is 3. The van der Waals surface area contributed by atoms with Crippen LogP contribution in [0.4, 0.5) is 5.82 Å². The van der Waals surface area contributed by atoms with Crippen molar-refractivity contribution in [2.75, 3.05) is 19.5 Å². The summed E-state index contributed by atoms with van der Waals surface area (Å²) in [6, 6.07) is 3.17. The van der Waals surface area contributed by atoms with Gasteiger partial charge in [-0.1, -0.05) is 24.4 Å². The van der Waals surface area contributed by atoms with Gasteiger partial charge >= 0.3 is 0 Å². The molecule has 1 atom stereocenters. The van der Waals surface area contributed by atoms with Crippen molar-refractivity contribution in [3.8, 4) is 11.5 Å². The molecule has 3 N–H and O–H groups in total. The zero-order valence-electron chi connectivity index (χ0n) is 22.5. The molecule has 2 amide bonds. The number of aromatic nitrogens is 4. The summed E-state index contributed by atoms with van der Waals surface area (Å²) in [4.78, 5) is 39.5. The number of carbonyl (C=O) groups is 3. The standard InChI is InChI=1S/C25H28BN7O5S/c1-11-21(39-32-29-11)24(36)31-30-23(35)13-10-27-33-19(12-6-14(26)20(38-5)17(7-12)37-4)18-15(28-22(13)33)8-25(2,3)9-16(18)34/h6-7,10,19,28H,8-9,26H2,1-5H3,(H,30,35)(H,31,36). The molecule has 2 aliphatic rings. The largest absolute Gasteiger partial charge is 0.493 e. The Morgan fingerprint density at radius 2 is 1.92 bits per heavy atom. The number of nitrogens with one attached hydrogen (secondary N) is 3. The number of hydrazine groups is 1. The topological polar surface area (TPSA) is 149 Å². The molecule has 1 aromatic carbocycles. The van der Waals surface area contributed by atoms with E-state index in [1.165, 1.54) is 6.20 Å². The predicted octanol–water partition coefficient (Wildman–Crippen LogP) is 1.05. The number of rotatable bonds is 5. The van der Waals surface area contributed by atoms with Crippen LogP contribution in [-0.2, 0) is 4.79 Å². The van der Waals surface area contributed by atoms with E-state index >= 15 is 0 Å². The molecule has 1 unspecified atom stereocenters. The number of anilines is 1. The van der Waals surface area contributed by atoms with Gasteiger partial charge in [-0.2, -0.15) is 5.10 Å². The lowest BCUT2D eigenvalue weighted by atomic mass is 9.72. The van der Waals surface area contributed by atoms with Gasteiger partial charge in [0, 0.05) is 17.7 Å². The molecule has 0 fully saturated rings. The Balaban J connectivity index is 1.55. The molecule has 5 rings (SSSR count). The molecule has 0 saturated carbocycles. The molecule has 0 spiro atoms. The quantitative estimate of drug-likeness (QED) is 0.314. The molecule has 39 heavy (non-hydrogen) atoms. The van der Waals surface area contributed by atoms with Crippen molar-refractivity contribution < 1.29 is 23.9 Å². The lowest BCUT2D eigenvalue weighted by Crippen LogP contribution is -2.42. The third-order valence-corrected chi connectivity index (χ3v) is 7.72. The highest BCUT2D eigenvalue weighted by atomic mass is 32.1. The Bertz CT molecular complexity index is 1540. The Hall–Kier alpha value is -4.20. The fourth-order valence-corrected chi connectivity index (χ4v) is 5.75. The van der Waals surface area contributed by atoms with Crippen LogP contribution in [0.1, 0.15) is 64.0 Å². The Morgan fingerprint density at radius 1 is 1.18 bits per heavy atom. The fraction of sp³-hybridized carbons (Fsp3) is 0.360. The van der Waals surface area contributed by atoms with Crippen LogP contribution in [0.3, 0.4) is 0 Å². The van der Waals surface area contributed by atoms with Gasteiger partial charge in [0.1, 0.15) is 30.1 Å². The number of aryl methyl sites for hydroxylation is 1. The molecule has 1 aliphatic carbocycles. The monoisotopic (exact) mass is 549 g/mol. The third kappa shape index (κ3) is 4.64. The summed E-state index contributed by atoms with van der Waals surface area (Å²) >= 11 is 0.936. The van der Waals surface area contributed by atoms with E-state index in [9.17, 15) is 14.4 Å². The van der Waals surface area contributed by atoms with Gasteiger partial charge in [0.15, 0.2) is 17.3 Å². The SMILES string of the molecule is Bc1cc(C2C3=C(CC(C)(C)CC3=O)Nc3c(C(=O)NNC(=O)c4snnc4C)cnn32)cc(OC)c1OC. The molecule has 0 bridgehead atoms. The number of Topliss-reactive ketones (excluding diaryl/α,β-unsaturated/α-hetero) is 1. The molecule has 3 aromatic rings. The summed E-state index contributed by atoms with van der Waals surface area (Å²) < 4.78 is 16.5. The van der Waals surface area contributed by atoms with Crippen LogP contribution in [0.15, 0.2) is 29.6 Å². The number of ether oxygens (including phenoxy) is 2. The van der Waals surface area contributed by atoms with Crippen molar-refractivity contribution >= 4 is 48.3 Å². The van der Waals surface area contributed by atoms with Crippen LogP contribution in [-0.4, -0.2) is 59.0 Å². The zero-order chi connectivity index (χ0) is 28.1. The van der Waals surface area contributed by atoms with Crippen molar-refractivity contribution in [2.45, 2.75) is 39.7 Å².